The maximum absolute atomic E-state index is 3.46. The first kappa shape index (κ1) is 9.11. The van der Waals surface area contributed by atoms with Crippen LogP contribution in [0.2, 0.25) is 0 Å². The largest absolute Gasteiger partial charge is 0.358 e. The van der Waals surface area contributed by atoms with Crippen LogP contribution >= 0.6 is 0 Å². The number of aromatic nitrogens is 1. The predicted molar refractivity (Wildman–Crippen MR) is 61.2 cm³/mol. The number of H-pyrrole nitrogens is 1. The molecule has 0 aromatic carbocycles. The van der Waals surface area contributed by atoms with E-state index >= 15 is 0 Å². The molecule has 1 aromatic heterocycles. The van der Waals surface area contributed by atoms with Crippen LogP contribution in [0.25, 0.3) is 12.2 Å². The average Bonchev–Trinajstić information content (AvgIpc) is 2.37. The molecule has 1 heteroatoms. The van der Waals surface area contributed by atoms with E-state index in [1.165, 1.54) is 22.5 Å². The summed E-state index contributed by atoms with van der Waals surface area (Å²) in [6.45, 7) is 6.59. The first-order chi connectivity index (χ1) is 6.70. The van der Waals surface area contributed by atoms with Gasteiger partial charge in [0.05, 0.1) is 0 Å². The van der Waals surface area contributed by atoms with Gasteiger partial charge in [-0.1, -0.05) is 19.9 Å². The highest BCUT2D eigenvalue weighted by atomic mass is 14.7. The molecule has 14 heavy (non-hydrogen) atoms. The first-order valence-corrected chi connectivity index (χ1v) is 5.01. The Kier molecular flexibility index (Phi) is 2.18. The molecule has 1 aliphatic rings. The summed E-state index contributed by atoms with van der Waals surface area (Å²) < 4.78 is 0. The fraction of sp³-hybridized carbons (Fsp3) is 0.308. The van der Waals surface area contributed by atoms with Crippen LogP contribution in [-0.4, -0.2) is 4.98 Å². The van der Waals surface area contributed by atoms with Gasteiger partial charge >= 0.3 is 0 Å². The second-order valence-corrected chi connectivity index (χ2v) is 3.98. The summed E-state index contributed by atoms with van der Waals surface area (Å²) in [5, 5.41) is 0. The fourth-order valence-electron chi connectivity index (χ4n) is 1.88. The standard InChI is InChI=1S/C13H15N/c1-9(2)13-10(3)11-7-5-4-6-8-12(11)14-13/h4,6-9,14H,1-3H3. The van der Waals surface area contributed by atoms with Crippen molar-refractivity contribution in [2.45, 2.75) is 26.7 Å². The number of rotatable bonds is 1. The van der Waals surface area contributed by atoms with Crippen LogP contribution in [-0.2, 0) is 0 Å². The van der Waals surface area contributed by atoms with Gasteiger partial charge in [-0.2, -0.15) is 0 Å². The molecule has 0 amide bonds. The van der Waals surface area contributed by atoms with E-state index in [0.29, 0.717) is 5.92 Å². The number of aromatic amines is 1. The zero-order valence-corrected chi connectivity index (χ0v) is 8.89. The van der Waals surface area contributed by atoms with E-state index in [2.05, 4.69) is 37.6 Å². The minimum atomic E-state index is 0.549. The van der Waals surface area contributed by atoms with Gasteiger partial charge in [0.15, 0.2) is 0 Å². The SMILES string of the molecule is Cc1c(C(C)C)[nH]c2c1C=C=CC=C2. The predicted octanol–water partition coefficient (Wildman–Crippen LogP) is 3.64. The minimum Gasteiger partial charge on any atom is -0.358 e. The molecular weight excluding hydrogens is 170 g/mol. The molecule has 0 aliphatic heterocycles. The van der Waals surface area contributed by atoms with Crippen LogP contribution < -0.4 is 0 Å². The van der Waals surface area contributed by atoms with Crippen molar-refractivity contribution in [1.29, 1.82) is 0 Å². The highest BCUT2D eigenvalue weighted by molar-refractivity contribution is 5.69. The molecule has 0 fully saturated rings. The minimum absolute atomic E-state index is 0.549. The van der Waals surface area contributed by atoms with E-state index in [1.807, 2.05) is 18.2 Å². The van der Waals surface area contributed by atoms with Crippen molar-refractivity contribution in [3.05, 3.63) is 40.4 Å². The van der Waals surface area contributed by atoms with Gasteiger partial charge in [0.2, 0.25) is 0 Å². The van der Waals surface area contributed by atoms with E-state index < -0.39 is 0 Å². The fourth-order valence-corrected chi connectivity index (χ4v) is 1.88. The summed E-state index contributed by atoms with van der Waals surface area (Å²) in [7, 11) is 0. The van der Waals surface area contributed by atoms with E-state index in [1.54, 1.807) is 0 Å². The summed E-state index contributed by atoms with van der Waals surface area (Å²) in [6.07, 6.45) is 8.10. The number of hydrogen-bond acceptors (Lipinski definition) is 0. The smallest absolute Gasteiger partial charge is 0.0465 e. The van der Waals surface area contributed by atoms with Gasteiger partial charge in [-0.15, -0.1) is 5.73 Å². The van der Waals surface area contributed by atoms with Crippen LogP contribution in [0.1, 0.15) is 42.3 Å². The molecule has 2 rings (SSSR count). The van der Waals surface area contributed by atoms with Gasteiger partial charge in [-0.25, -0.2) is 0 Å². The molecule has 0 atom stereocenters. The van der Waals surface area contributed by atoms with Crippen LogP contribution in [0.4, 0.5) is 0 Å². The lowest BCUT2D eigenvalue weighted by molar-refractivity contribution is 0.823. The van der Waals surface area contributed by atoms with Crippen molar-refractivity contribution in [2.75, 3.05) is 0 Å². The third-order valence-corrected chi connectivity index (χ3v) is 2.63. The lowest BCUT2D eigenvalue weighted by Crippen LogP contribution is -1.89. The lowest BCUT2D eigenvalue weighted by Gasteiger charge is -2.02. The first-order valence-electron chi connectivity index (χ1n) is 5.01. The lowest BCUT2D eigenvalue weighted by atomic mass is 10.0. The van der Waals surface area contributed by atoms with E-state index in [0.717, 1.165) is 0 Å². The van der Waals surface area contributed by atoms with Gasteiger partial charge in [-0.05, 0) is 36.6 Å². The second kappa shape index (κ2) is 3.36. The quantitative estimate of drug-likeness (QED) is 0.643. The Morgan fingerprint density at radius 3 is 2.86 bits per heavy atom. The van der Waals surface area contributed by atoms with Crippen LogP contribution in [0, 0.1) is 6.92 Å². The summed E-state index contributed by atoms with van der Waals surface area (Å²) in [5.74, 6) is 0.549. The molecule has 1 aromatic rings. The van der Waals surface area contributed by atoms with Gasteiger partial charge in [-0.3, -0.25) is 0 Å². The highest BCUT2D eigenvalue weighted by Gasteiger charge is 2.12. The third-order valence-electron chi connectivity index (χ3n) is 2.63. The van der Waals surface area contributed by atoms with Crippen LogP contribution in [0.3, 0.4) is 0 Å². The normalized spacial score (nSPS) is 13.4. The number of nitrogens with one attached hydrogen (secondary N) is 1. The molecule has 0 bridgehead atoms. The molecule has 0 unspecified atom stereocenters. The topological polar surface area (TPSA) is 15.8 Å². The highest BCUT2D eigenvalue weighted by Crippen LogP contribution is 2.26. The van der Waals surface area contributed by atoms with Gasteiger partial charge in [0.1, 0.15) is 0 Å². The Labute approximate surface area is 84.9 Å². The Morgan fingerprint density at radius 1 is 1.36 bits per heavy atom. The Morgan fingerprint density at radius 2 is 2.14 bits per heavy atom. The maximum atomic E-state index is 3.46. The monoisotopic (exact) mass is 185 g/mol. The van der Waals surface area contributed by atoms with Crippen LogP contribution in [0.15, 0.2) is 17.9 Å². The molecule has 72 valence electrons. The molecule has 0 spiro atoms. The van der Waals surface area contributed by atoms with E-state index in [4.69, 9.17) is 0 Å². The summed E-state index contributed by atoms with van der Waals surface area (Å²) >= 11 is 0. The summed E-state index contributed by atoms with van der Waals surface area (Å²) in [4.78, 5) is 3.46. The molecule has 0 saturated carbocycles. The molecule has 1 aliphatic carbocycles. The van der Waals surface area contributed by atoms with E-state index in [9.17, 15) is 0 Å². The number of hydrogen-bond donors (Lipinski definition) is 1. The molecule has 0 saturated heterocycles. The number of allylic oxidation sites excluding steroid dienone is 2. The van der Waals surface area contributed by atoms with Crippen molar-refractivity contribution < 1.29 is 0 Å². The molecule has 1 N–H and O–H groups in total. The van der Waals surface area contributed by atoms with Crippen molar-refractivity contribution in [3.8, 4) is 0 Å². The number of fused-ring (bicyclic) bond motifs is 1. The van der Waals surface area contributed by atoms with Gasteiger partial charge in [0, 0.05) is 17.0 Å². The van der Waals surface area contributed by atoms with Crippen molar-refractivity contribution in [2.24, 2.45) is 0 Å². The average molecular weight is 185 g/mol. The third kappa shape index (κ3) is 1.36. The Balaban J connectivity index is 2.63. The molecule has 1 nitrogen and oxygen atoms in total. The summed E-state index contributed by atoms with van der Waals surface area (Å²) in [6, 6.07) is 0. The van der Waals surface area contributed by atoms with Gasteiger partial charge in [0.25, 0.3) is 0 Å². The molecule has 1 heterocycles. The summed E-state index contributed by atoms with van der Waals surface area (Å²) in [5.41, 5.74) is 8.30. The van der Waals surface area contributed by atoms with E-state index in [-0.39, 0.29) is 0 Å². The van der Waals surface area contributed by atoms with Gasteiger partial charge < -0.3 is 4.98 Å². The van der Waals surface area contributed by atoms with Crippen molar-refractivity contribution in [1.82, 2.24) is 4.98 Å². The zero-order chi connectivity index (χ0) is 10.1. The zero-order valence-electron chi connectivity index (χ0n) is 8.89. The van der Waals surface area contributed by atoms with Crippen molar-refractivity contribution in [3.63, 3.8) is 0 Å². The second-order valence-electron chi connectivity index (χ2n) is 3.98. The van der Waals surface area contributed by atoms with Crippen LogP contribution in [0.5, 0.6) is 0 Å². The Bertz CT molecular complexity index is 438. The maximum Gasteiger partial charge on any atom is 0.0465 e. The molecule has 0 radical (unpaired) electrons. The Hall–Kier alpha value is -1.46. The van der Waals surface area contributed by atoms with Crippen molar-refractivity contribution >= 4 is 12.2 Å². The molecular formula is C13H15N.